The minimum atomic E-state index is 0.426. The maximum Gasteiger partial charge on any atom is 0.0462 e. The molecule has 0 radical (unpaired) electrons. The summed E-state index contributed by atoms with van der Waals surface area (Å²) >= 11 is 6.02. The molecular weight excluding hydrogens is 186 g/mol. The van der Waals surface area contributed by atoms with Gasteiger partial charge in [-0.15, -0.1) is 11.6 Å². The lowest BCUT2D eigenvalue weighted by Gasteiger charge is -2.28. The summed E-state index contributed by atoms with van der Waals surface area (Å²) in [6.45, 7) is 4.47. The number of nitrogens with zero attached hydrogens (tertiary/aromatic N) is 1. The van der Waals surface area contributed by atoms with Crippen LogP contribution in [-0.4, -0.2) is 43.6 Å². The third-order valence-corrected chi connectivity index (χ3v) is 3.03. The van der Waals surface area contributed by atoms with Gasteiger partial charge in [-0.25, -0.2) is 0 Å². The van der Waals surface area contributed by atoms with Crippen molar-refractivity contribution in [1.82, 2.24) is 4.90 Å². The Morgan fingerprint density at radius 1 is 1.31 bits per heavy atom. The molecule has 1 heterocycles. The standard InChI is InChI=1S/C10H20ClNO/c1-13-9-3-2-6-12-7-4-10(11)5-8-12/h10H,2-9H2,1H3. The second-order valence-corrected chi connectivity index (χ2v) is 4.33. The average molecular weight is 206 g/mol. The number of halogens is 1. The smallest absolute Gasteiger partial charge is 0.0462 e. The molecule has 0 saturated carbocycles. The van der Waals surface area contributed by atoms with Crippen molar-refractivity contribution in [2.24, 2.45) is 0 Å². The molecule has 78 valence electrons. The maximum absolute atomic E-state index is 6.02. The highest BCUT2D eigenvalue weighted by atomic mass is 35.5. The number of piperidine rings is 1. The molecule has 0 aromatic heterocycles. The van der Waals surface area contributed by atoms with Gasteiger partial charge in [0.25, 0.3) is 0 Å². The fourth-order valence-corrected chi connectivity index (χ4v) is 1.90. The number of methoxy groups -OCH3 is 1. The molecule has 0 unspecified atom stereocenters. The first kappa shape index (κ1) is 11.3. The predicted octanol–water partition coefficient (Wildman–Crippen LogP) is 2.12. The quantitative estimate of drug-likeness (QED) is 0.504. The molecular formula is C10H20ClNO. The van der Waals surface area contributed by atoms with E-state index in [4.69, 9.17) is 16.3 Å². The van der Waals surface area contributed by atoms with Gasteiger partial charge in [0.15, 0.2) is 0 Å². The van der Waals surface area contributed by atoms with Gasteiger partial charge < -0.3 is 9.64 Å². The molecule has 0 amide bonds. The minimum absolute atomic E-state index is 0.426. The fourth-order valence-electron chi connectivity index (χ4n) is 1.71. The van der Waals surface area contributed by atoms with Crippen LogP contribution in [0.25, 0.3) is 0 Å². The number of rotatable bonds is 5. The highest BCUT2D eigenvalue weighted by molar-refractivity contribution is 6.20. The Labute approximate surface area is 86.2 Å². The van der Waals surface area contributed by atoms with Gasteiger partial charge in [-0.3, -0.25) is 0 Å². The van der Waals surface area contributed by atoms with Crippen molar-refractivity contribution in [2.75, 3.05) is 33.4 Å². The van der Waals surface area contributed by atoms with Crippen LogP contribution in [0.4, 0.5) is 0 Å². The van der Waals surface area contributed by atoms with Gasteiger partial charge in [0, 0.05) is 19.1 Å². The number of hydrogen-bond acceptors (Lipinski definition) is 2. The lowest BCUT2D eigenvalue weighted by atomic mass is 10.1. The first-order chi connectivity index (χ1) is 6.33. The molecule has 1 saturated heterocycles. The van der Waals surface area contributed by atoms with Crippen molar-refractivity contribution >= 4 is 11.6 Å². The molecule has 13 heavy (non-hydrogen) atoms. The second-order valence-electron chi connectivity index (χ2n) is 3.72. The number of likely N-dealkylation sites (tertiary alicyclic amines) is 1. The van der Waals surface area contributed by atoms with E-state index in [9.17, 15) is 0 Å². The molecule has 0 aromatic rings. The van der Waals surface area contributed by atoms with Gasteiger partial charge in [-0.05, 0) is 45.3 Å². The summed E-state index contributed by atoms with van der Waals surface area (Å²) in [7, 11) is 1.76. The van der Waals surface area contributed by atoms with Crippen LogP contribution < -0.4 is 0 Å². The Bertz CT molecular complexity index is 124. The van der Waals surface area contributed by atoms with E-state index in [1.165, 1.54) is 32.5 Å². The number of hydrogen-bond donors (Lipinski definition) is 0. The van der Waals surface area contributed by atoms with Crippen molar-refractivity contribution in [3.63, 3.8) is 0 Å². The van der Waals surface area contributed by atoms with Crippen LogP contribution in [0.15, 0.2) is 0 Å². The monoisotopic (exact) mass is 205 g/mol. The first-order valence-electron chi connectivity index (χ1n) is 5.18. The normalized spacial score (nSPS) is 20.8. The Balaban J connectivity index is 1.96. The molecule has 1 aliphatic heterocycles. The topological polar surface area (TPSA) is 12.5 Å². The van der Waals surface area contributed by atoms with E-state index < -0.39 is 0 Å². The first-order valence-corrected chi connectivity index (χ1v) is 5.62. The zero-order chi connectivity index (χ0) is 9.52. The predicted molar refractivity (Wildman–Crippen MR) is 56.4 cm³/mol. The zero-order valence-electron chi connectivity index (χ0n) is 8.47. The highest BCUT2D eigenvalue weighted by Crippen LogP contribution is 2.15. The molecule has 0 aliphatic carbocycles. The molecule has 1 rings (SSSR count). The molecule has 1 aliphatic rings. The number of unbranched alkanes of at least 4 members (excludes halogenated alkanes) is 1. The van der Waals surface area contributed by atoms with Crippen LogP contribution in [0.5, 0.6) is 0 Å². The molecule has 0 N–H and O–H groups in total. The Morgan fingerprint density at radius 2 is 2.00 bits per heavy atom. The molecule has 0 bridgehead atoms. The molecule has 0 spiro atoms. The lowest BCUT2D eigenvalue weighted by Crippen LogP contribution is -2.34. The third-order valence-electron chi connectivity index (χ3n) is 2.59. The average Bonchev–Trinajstić information content (AvgIpc) is 2.15. The molecule has 0 aromatic carbocycles. The zero-order valence-corrected chi connectivity index (χ0v) is 9.22. The maximum atomic E-state index is 6.02. The van der Waals surface area contributed by atoms with Gasteiger partial charge in [0.1, 0.15) is 0 Å². The van der Waals surface area contributed by atoms with Crippen molar-refractivity contribution in [1.29, 1.82) is 0 Å². The lowest BCUT2D eigenvalue weighted by molar-refractivity contribution is 0.178. The van der Waals surface area contributed by atoms with Gasteiger partial charge >= 0.3 is 0 Å². The fraction of sp³-hybridized carbons (Fsp3) is 1.00. The Morgan fingerprint density at radius 3 is 2.62 bits per heavy atom. The largest absolute Gasteiger partial charge is 0.385 e. The van der Waals surface area contributed by atoms with Gasteiger partial charge in [0.05, 0.1) is 0 Å². The molecule has 1 fully saturated rings. The molecule has 2 nitrogen and oxygen atoms in total. The van der Waals surface area contributed by atoms with Crippen LogP contribution in [0.2, 0.25) is 0 Å². The van der Waals surface area contributed by atoms with Crippen molar-refractivity contribution in [3.05, 3.63) is 0 Å². The summed E-state index contributed by atoms with van der Waals surface area (Å²) in [5.41, 5.74) is 0. The van der Waals surface area contributed by atoms with Gasteiger partial charge in [-0.2, -0.15) is 0 Å². The SMILES string of the molecule is COCCCCN1CCC(Cl)CC1. The van der Waals surface area contributed by atoms with Crippen LogP contribution in [0.1, 0.15) is 25.7 Å². The number of alkyl halides is 1. The van der Waals surface area contributed by atoms with E-state index in [0.29, 0.717) is 5.38 Å². The van der Waals surface area contributed by atoms with Crippen molar-refractivity contribution in [2.45, 2.75) is 31.1 Å². The second kappa shape index (κ2) is 6.63. The van der Waals surface area contributed by atoms with Crippen LogP contribution >= 0.6 is 11.6 Å². The minimum Gasteiger partial charge on any atom is -0.385 e. The summed E-state index contributed by atoms with van der Waals surface area (Å²) in [6, 6.07) is 0. The van der Waals surface area contributed by atoms with Gasteiger partial charge in [-0.1, -0.05) is 0 Å². The summed E-state index contributed by atoms with van der Waals surface area (Å²) in [5, 5.41) is 0.426. The summed E-state index contributed by atoms with van der Waals surface area (Å²) in [4.78, 5) is 2.51. The van der Waals surface area contributed by atoms with E-state index in [2.05, 4.69) is 4.90 Å². The highest BCUT2D eigenvalue weighted by Gasteiger charge is 2.15. The number of ether oxygens (including phenoxy) is 1. The molecule has 3 heteroatoms. The van der Waals surface area contributed by atoms with Gasteiger partial charge in [0.2, 0.25) is 0 Å². The van der Waals surface area contributed by atoms with Crippen LogP contribution in [0.3, 0.4) is 0 Å². The van der Waals surface area contributed by atoms with Crippen molar-refractivity contribution in [3.8, 4) is 0 Å². The van der Waals surface area contributed by atoms with Crippen LogP contribution in [0, 0.1) is 0 Å². The Hall–Kier alpha value is 0.210. The van der Waals surface area contributed by atoms with E-state index in [0.717, 1.165) is 19.4 Å². The van der Waals surface area contributed by atoms with E-state index >= 15 is 0 Å². The summed E-state index contributed by atoms with van der Waals surface area (Å²) < 4.78 is 5.01. The van der Waals surface area contributed by atoms with E-state index in [-0.39, 0.29) is 0 Å². The van der Waals surface area contributed by atoms with Crippen molar-refractivity contribution < 1.29 is 4.74 Å². The van der Waals surface area contributed by atoms with Crippen LogP contribution in [-0.2, 0) is 4.74 Å². The molecule has 0 atom stereocenters. The third kappa shape index (κ3) is 4.84. The van der Waals surface area contributed by atoms with E-state index in [1.54, 1.807) is 7.11 Å². The van der Waals surface area contributed by atoms with E-state index in [1.807, 2.05) is 0 Å². The summed E-state index contributed by atoms with van der Waals surface area (Å²) in [6.07, 6.45) is 4.75. The Kier molecular flexibility index (Phi) is 5.76. The summed E-state index contributed by atoms with van der Waals surface area (Å²) in [5.74, 6) is 0.